The van der Waals surface area contributed by atoms with Gasteiger partial charge in [-0.3, -0.25) is 4.79 Å². The van der Waals surface area contributed by atoms with Crippen LogP contribution in [0.5, 0.6) is 0 Å². The van der Waals surface area contributed by atoms with Gasteiger partial charge in [-0.05, 0) is 55.4 Å². The molecule has 2 aromatic rings. The van der Waals surface area contributed by atoms with Crippen molar-refractivity contribution in [2.75, 3.05) is 13.1 Å². The van der Waals surface area contributed by atoms with E-state index in [1.54, 1.807) is 19.1 Å². The van der Waals surface area contributed by atoms with Crippen molar-refractivity contribution < 1.29 is 13.2 Å². The lowest BCUT2D eigenvalue weighted by molar-refractivity contribution is 0.0931. The number of sulfonamides is 1. The number of nitrogens with one attached hydrogen (secondary N) is 1. The van der Waals surface area contributed by atoms with E-state index >= 15 is 0 Å². The Morgan fingerprint density at radius 3 is 2.34 bits per heavy atom. The maximum absolute atomic E-state index is 13.0. The summed E-state index contributed by atoms with van der Waals surface area (Å²) >= 11 is 0. The lowest BCUT2D eigenvalue weighted by Crippen LogP contribution is -2.31. The topological polar surface area (TPSA) is 66.5 Å². The number of amides is 1. The lowest BCUT2D eigenvalue weighted by atomic mass is 9.96. The summed E-state index contributed by atoms with van der Waals surface area (Å²) in [5.74, 6) is 0.155. The number of rotatable bonds is 7. The third-order valence-electron chi connectivity index (χ3n) is 5.35. The summed E-state index contributed by atoms with van der Waals surface area (Å²) in [6, 6.07) is 14.7. The summed E-state index contributed by atoms with van der Waals surface area (Å²) < 4.78 is 27.5. The highest BCUT2D eigenvalue weighted by molar-refractivity contribution is 7.89. The van der Waals surface area contributed by atoms with Crippen LogP contribution in [0.2, 0.25) is 0 Å². The van der Waals surface area contributed by atoms with Gasteiger partial charge in [0.1, 0.15) is 0 Å². The van der Waals surface area contributed by atoms with Gasteiger partial charge in [0.2, 0.25) is 10.0 Å². The predicted octanol–water partition coefficient (Wildman–Crippen LogP) is 4.30. The van der Waals surface area contributed by atoms with Crippen LogP contribution in [-0.4, -0.2) is 31.7 Å². The van der Waals surface area contributed by atoms with Crippen LogP contribution in [0.3, 0.4) is 0 Å². The second-order valence-electron chi connectivity index (χ2n) is 8.16. The molecule has 1 fully saturated rings. The molecule has 2 aromatic carbocycles. The zero-order valence-corrected chi connectivity index (χ0v) is 18.2. The summed E-state index contributed by atoms with van der Waals surface area (Å²) in [6.45, 7) is 7.10. The van der Waals surface area contributed by atoms with E-state index in [0.717, 1.165) is 24.8 Å². The second-order valence-corrected chi connectivity index (χ2v) is 10.1. The molecule has 1 atom stereocenters. The van der Waals surface area contributed by atoms with Crippen LogP contribution in [0.1, 0.15) is 60.6 Å². The molecule has 0 saturated carbocycles. The van der Waals surface area contributed by atoms with Crippen molar-refractivity contribution in [2.24, 2.45) is 5.92 Å². The Labute approximate surface area is 174 Å². The van der Waals surface area contributed by atoms with E-state index in [4.69, 9.17) is 0 Å². The van der Waals surface area contributed by atoms with E-state index in [2.05, 4.69) is 19.2 Å². The minimum absolute atomic E-state index is 0.122. The smallest absolute Gasteiger partial charge is 0.251 e. The van der Waals surface area contributed by atoms with Crippen molar-refractivity contribution >= 4 is 15.9 Å². The highest BCUT2D eigenvalue weighted by Crippen LogP contribution is 2.26. The number of nitrogens with zero attached hydrogens (tertiary/aromatic N) is 1. The van der Waals surface area contributed by atoms with Crippen molar-refractivity contribution in [3.63, 3.8) is 0 Å². The molecule has 0 bridgehead atoms. The van der Waals surface area contributed by atoms with Gasteiger partial charge in [0.25, 0.3) is 5.91 Å². The zero-order chi connectivity index (χ0) is 21.0. The van der Waals surface area contributed by atoms with Crippen molar-refractivity contribution in [3.8, 4) is 0 Å². The van der Waals surface area contributed by atoms with E-state index < -0.39 is 10.0 Å². The number of hydrogen-bond acceptors (Lipinski definition) is 3. The first-order valence-electron chi connectivity index (χ1n) is 10.3. The van der Waals surface area contributed by atoms with Crippen molar-refractivity contribution in [1.29, 1.82) is 0 Å². The molecule has 29 heavy (non-hydrogen) atoms. The number of aryl methyl sites for hydroxylation is 1. The van der Waals surface area contributed by atoms with E-state index in [1.165, 1.54) is 10.4 Å². The van der Waals surface area contributed by atoms with Crippen LogP contribution in [0.25, 0.3) is 0 Å². The Kier molecular flexibility index (Phi) is 6.75. The Hall–Kier alpha value is -2.18. The Morgan fingerprint density at radius 1 is 1.07 bits per heavy atom. The van der Waals surface area contributed by atoms with Gasteiger partial charge in [0.05, 0.1) is 10.9 Å². The first-order valence-corrected chi connectivity index (χ1v) is 11.7. The minimum Gasteiger partial charge on any atom is -0.345 e. The van der Waals surface area contributed by atoms with Gasteiger partial charge in [0.15, 0.2) is 0 Å². The SMILES string of the molecule is Cc1ccc(C(=O)N[C@H](CC(C)C)c2ccccc2)cc1S(=O)(=O)N1CCCC1. The molecule has 0 unspecified atom stereocenters. The van der Waals surface area contributed by atoms with Crippen molar-refractivity contribution in [3.05, 3.63) is 65.2 Å². The zero-order valence-electron chi connectivity index (χ0n) is 17.4. The van der Waals surface area contributed by atoms with Crippen molar-refractivity contribution in [2.45, 2.75) is 51.0 Å². The maximum atomic E-state index is 13.0. The van der Waals surface area contributed by atoms with Gasteiger partial charge < -0.3 is 5.32 Å². The van der Waals surface area contributed by atoms with E-state index in [-0.39, 0.29) is 16.8 Å². The first-order chi connectivity index (χ1) is 13.8. The number of carbonyl (C=O) groups excluding carboxylic acids is 1. The van der Waals surface area contributed by atoms with Gasteiger partial charge in [-0.15, -0.1) is 0 Å². The predicted molar refractivity (Wildman–Crippen MR) is 115 cm³/mol. The van der Waals surface area contributed by atoms with E-state index in [0.29, 0.717) is 30.1 Å². The van der Waals surface area contributed by atoms with Gasteiger partial charge in [-0.2, -0.15) is 4.31 Å². The first kappa shape index (κ1) is 21.5. The molecule has 6 heteroatoms. The van der Waals surface area contributed by atoms with Crippen LogP contribution in [-0.2, 0) is 10.0 Å². The third kappa shape index (κ3) is 5.06. The molecule has 1 aliphatic rings. The minimum atomic E-state index is -3.57. The molecule has 0 aromatic heterocycles. The largest absolute Gasteiger partial charge is 0.345 e. The van der Waals surface area contributed by atoms with Crippen LogP contribution in [0.15, 0.2) is 53.4 Å². The Morgan fingerprint density at radius 2 is 1.72 bits per heavy atom. The summed E-state index contributed by atoms with van der Waals surface area (Å²) in [5, 5.41) is 3.10. The van der Waals surface area contributed by atoms with Gasteiger partial charge in [-0.25, -0.2) is 8.42 Å². The highest BCUT2D eigenvalue weighted by atomic mass is 32.2. The summed E-state index contributed by atoms with van der Waals surface area (Å²) in [6.07, 6.45) is 2.57. The average molecular weight is 415 g/mol. The monoisotopic (exact) mass is 414 g/mol. The normalized spacial score (nSPS) is 16.1. The van der Waals surface area contributed by atoms with E-state index in [1.807, 2.05) is 30.3 Å². The van der Waals surface area contributed by atoms with Gasteiger partial charge in [0, 0.05) is 18.7 Å². The number of carbonyl (C=O) groups is 1. The van der Waals surface area contributed by atoms with Crippen LogP contribution in [0, 0.1) is 12.8 Å². The molecule has 1 N–H and O–H groups in total. The Balaban J connectivity index is 1.87. The molecule has 1 heterocycles. The summed E-state index contributed by atoms with van der Waals surface area (Å²) in [5.41, 5.74) is 2.08. The fourth-order valence-electron chi connectivity index (χ4n) is 3.76. The molecular formula is C23H30N2O3S. The molecule has 0 aliphatic carbocycles. The van der Waals surface area contributed by atoms with E-state index in [9.17, 15) is 13.2 Å². The summed E-state index contributed by atoms with van der Waals surface area (Å²) in [7, 11) is -3.57. The maximum Gasteiger partial charge on any atom is 0.251 e. The van der Waals surface area contributed by atoms with Gasteiger partial charge in [-0.1, -0.05) is 50.2 Å². The molecule has 156 valence electrons. The number of benzene rings is 2. The fraction of sp³-hybridized carbons (Fsp3) is 0.435. The molecule has 1 amide bonds. The van der Waals surface area contributed by atoms with Crippen LogP contribution in [0.4, 0.5) is 0 Å². The van der Waals surface area contributed by atoms with Crippen molar-refractivity contribution in [1.82, 2.24) is 9.62 Å². The molecule has 3 rings (SSSR count). The average Bonchev–Trinajstić information content (AvgIpc) is 3.23. The number of hydrogen-bond donors (Lipinski definition) is 1. The quantitative estimate of drug-likeness (QED) is 0.735. The molecule has 1 aliphatic heterocycles. The fourth-order valence-corrected chi connectivity index (χ4v) is 5.53. The van der Waals surface area contributed by atoms with Crippen LogP contribution >= 0.6 is 0 Å². The molecule has 5 nitrogen and oxygen atoms in total. The third-order valence-corrected chi connectivity index (χ3v) is 7.39. The second kappa shape index (κ2) is 9.09. The standard InChI is InChI=1S/C23H30N2O3S/c1-17(2)15-21(19-9-5-4-6-10-19)24-23(26)20-12-11-18(3)22(16-20)29(27,28)25-13-7-8-14-25/h4-6,9-12,16-17,21H,7-8,13-15H2,1-3H3,(H,24,26)/t21-/m1/s1. The molecule has 0 radical (unpaired) electrons. The highest BCUT2D eigenvalue weighted by Gasteiger charge is 2.29. The lowest BCUT2D eigenvalue weighted by Gasteiger charge is -2.22. The molecular weight excluding hydrogens is 384 g/mol. The van der Waals surface area contributed by atoms with Gasteiger partial charge >= 0.3 is 0 Å². The molecule has 1 saturated heterocycles. The summed E-state index contributed by atoms with van der Waals surface area (Å²) in [4.78, 5) is 13.2. The molecule has 0 spiro atoms. The Bertz CT molecular complexity index is 949. The van der Waals surface area contributed by atoms with Crippen LogP contribution < -0.4 is 5.32 Å².